The highest BCUT2D eigenvalue weighted by Crippen LogP contribution is 2.18. The standard InChI is InChI=1S/C17H27N3O3S/c1-19(16-6-4-3-5-7-16)11-10-17(21)20-12-8-15(9-13-20)14-18-24(2,22)23/h3-7,15,18H,8-14H2,1-2H3. The van der Waals surface area contributed by atoms with Crippen molar-refractivity contribution in [1.82, 2.24) is 9.62 Å². The number of hydrogen-bond acceptors (Lipinski definition) is 4. The number of nitrogens with zero attached hydrogens (tertiary/aromatic N) is 2. The average molecular weight is 353 g/mol. The van der Waals surface area contributed by atoms with Gasteiger partial charge in [-0.2, -0.15) is 0 Å². The molecular weight excluding hydrogens is 326 g/mol. The van der Waals surface area contributed by atoms with Gasteiger partial charge in [-0.25, -0.2) is 13.1 Å². The highest BCUT2D eigenvalue weighted by atomic mass is 32.2. The topological polar surface area (TPSA) is 69.7 Å². The summed E-state index contributed by atoms with van der Waals surface area (Å²) in [5.41, 5.74) is 1.11. The lowest BCUT2D eigenvalue weighted by Gasteiger charge is -2.32. The molecule has 24 heavy (non-hydrogen) atoms. The molecule has 1 aromatic carbocycles. The minimum absolute atomic E-state index is 0.173. The zero-order valence-electron chi connectivity index (χ0n) is 14.4. The number of rotatable bonds is 7. The molecule has 2 rings (SSSR count). The van der Waals surface area contributed by atoms with E-state index in [0.29, 0.717) is 38.5 Å². The Hall–Kier alpha value is -1.60. The lowest BCUT2D eigenvalue weighted by molar-refractivity contribution is -0.132. The molecule has 0 saturated carbocycles. The fourth-order valence-corrected chi connectivity index (χ4v) is 3.43. The predicted octanol–water partition coefficient (Wildman–Crippen LogP) is 1.30. The Kier molecular flexibility index (Phi) is 6.62. The van der Waals surface area contributed by atoms with Crippen molar-refractivity contribution in [3.8, 4) is 0 Å². The van der Waals surface area contributed by atoms with E-state index in [2.05, 4.69) is 9.62 Å². The molecule has 1 heterocycles. The number of piperidine rings is 1. The maximum Gasteiger partial charge on any atom is 0.224 e. The molecule has 1 saturated heterocycles. The molecule has 1 N–H and O–H groups in total. The van der Waals surface area contributed by atoms with Crippen LogP contribution >= 0.6 is 0 Å². The number of benzene rings is 1. The van der Waals surface area contributed by atoms with Gasteiger partial charge in [0.15, 0.2) is 0 Å². The van der Waals surface area contributed by atoms with E-state index in [1.165, 1.54) is 6.26 Å². The van der Waals surface area contributed by atoms with Gasteiger partial charge in [-0.1, -0.05) is 18.2 Å². The van der Waals surface area contributed by atoms with Crippen molar-refractivity contribution in [2.75, 3.05) is 44.4 Å². The molecule has 1 fully saturated rings. The molecule has 0 bridgehead atoms. The molecule has 1 aliphatic heterocycles. The fourth-order valence-electron chi connectivity index (χ4n) is 2.89. The highest BCUT2D eigenvalue weighted by molar-refractivity contribution is 7.88. The van der Waals surface area contributed by atoms with Crippen LogP contribution in [0.2, 0.25) is 0 Å². The Bertz CT molecular complexity index is 626. The van der Waals surface area contributed by atoms with E-state index in [4.69, 9.17) is 0 Å². The van der Waals surface area contributed by atoms with Crippen molar-refractivity contribution >= 4 is 21.6 Å². The summed E-state index contributed by atoms with van der Waals surface area (Å²) in [6.45, 7) is 2.59. The number of amides is 1. The van der Waals surface area contributed by atoms with Crippen LogP contribution in [0, 0.1) is 5.92 Å². The van der Waals surface area contributed by atoms with Crippen molar-refractivity contribution in [3.63, 3.8) is 0 Å². The van der Waals surface area contributed by atoms with Crippen LogP contribution in [0.25, 0.3) is 0 Å². The summed E-state index contributed by atoms with van der Waals surface area (Å²) in [5.74, 6) is 0.489. The van der Waals surface area contributed by atoms with Crippen LogP contribution in [-0.2, 0) is 14.8 Å². The van der Waals surface area contributed by atoms with Gasteiger partial charge in [0, 0.05) is 45.3 Å². The molecule has 0 atom stereocenters. The van der Waals surface area contributed by atoms with Crippen LogP contribution in [0.1, 0.15) is 19.3 Å². The van der Waals surface area contributed by atoms with Crippen molar-refractivity contribution in [3.05, 3.63) is 30.3 Å². The quantitative estimate of drug-likeness (QED) is 0.802. The summed E-state index contributed by atoms with van der Waals surface area (Å²) < 4.78 is 24.8. The van der Waals surface area contributed by atoms with Gasteiger partial charge in [0.05, 0.1) is 6.26 Å². The van der Waals surface area contributed by atoms with Gasteiger partial charge >= 0.3 is 0 Å². The van der Waals surface area contributed by atoms with Crippen molar-refractivity contribution < 1.29 is 13.2 Å². The number of likely N-dealkylation sites (tertiary alicyclic amines) is 1. The summed E-state index contributed by atoms with van der Waals surface area (Å²) in [4.78, 5) is 16.3. The number of para-hydroxylation sites is 1. The molecule has 0 aliphatic carbocycles. The number of anilines is 1. The molecule has 0 radical (unpaired) electrons. The second kappa shape index (κ2) is 8.48. The normalized spacial score (nSPS) is 16.2. The van der Waals surface area contributed by atoms with E-state index in [0.717, 1.165) is 18.5 Å². The molecule has 0 spiro atoms. The molecule has 7 heteroatoms. The van der Waals surface area contributed by atoms with Crippen molar-refractivity contribution in [1.29, 1.82) is 0 Å². The maximum absolute atomic E-state index is 12.3. The predicted molar refractivity (Wildman–Crippen MR) is 96.5 cm³/mol. The highest BCUT2D eigenvalue weighted by Gasteiger charge is 2.23. The minimum atomic E-state index is -3.13. The van der Waals surface area contributed by atoms with Gasteiger partial charge in [0.1, 0.15) is 0 Å². The second-order valence-corrected chi connectivity index (χ2v) is 8.28. The number of carbonyl (C=O) groups excluding carboxylic acids is 1. The summed E-state index contributed by atoms with van der Waals surface area (Å²) in [7, 11) is -1.14. The second-order valence-electron chi connectivity index (χ2n) is 6.45. The van der Waals surface area contributed by atoms with Gasteiger partial charge in [-0.3, -0.25) is 4.79 Å². The lowest BCUT2D eigenvalue weighted by atomic mass is 9.97. The van der Waals surface area contributed by atoms with Gasteiger partial charge in [0.25, 0.3) is 0 Å². The van der Waals surface area contributed by atoms with Gasteiger partial charge in [-0.15, -0.1) is 0 Å². The van der Waals surface area contributed by atoms with Crippen molar-refractivity contribution in [2.24, 2.45) is 5.92 Å². The maximum atomic E-state index is 12.3. The van der Waals surface area contributed by atoms with Gasteiger partial charge in [-0.05, 0) is 30.9 Å². The summed E-state index contributed by atoms with van der Waals surface area (Å²) >= 11 is 0. The van der Waals surface area contributed by atoms with Crippen LogP contribution in [0.5, 0.6) is 0 Å². The molecule has 1 amide bonds. The van der Waals surface area contributed by atoms with E-state index in [-0.39, 0.29) is 5.91 Å². The molecule has 1 aromatic rings. The Morgan fingerprint density at radius 2 is 1.88 bits per heavy atom. The molecular formula is C17H27N3O3S. The van der Waals surface area contributed by atoms with E-state index >= 15 is 0 Å². The summed E-state index contributed by atoms with van der Waals surface area (Å²) in [6.07, 6.45) is 3.37. The molecule has 0 unspecified atom stereocenters. The zero-order valence-corrected chi connectivity index (χ0v) is 15.3. The minimum Gasteiger partial charge on any atom is -0.374 e. The monoisotopic (exact) mass is 353 g/mol. The molecule has 6 nitrogen and oxygen atoms in total. The first kappa shape index (κ1) is 18.7. The van der Waals surface area contributed by atoms with Crippen LogP contribution in [0.4, 0.5) is 5.69 Å². The Morgan fingerprint density at radius 1 is 1.25 bits per heavy atom. The zero-order chi connectivity index (χ0) is 17.6. The first-order valence-electron chi connectivity index (χ1n) is 8.34. The number of sulfonamides is 1. The van der Waals surface area contributed by atoms with Crippen LogP contribution < -0.4 is 9.62 Å². The van der Waals surface area contributed by atoms with Crippen LogP contribution in [0.3, 0.4) is 0 Å². The summed E-state index contributed by atoms with van der Waals surface area (Å²) in [5, 5.41) is 0. The third-order valence-electron chi connectivity index (χ3n) is 4.46. The average Bonchev–Trinajstić information content (AvgIpc) is 2.58. The van der Waals surface area contributed by atoms with E-state index in [9.17, 15) is 13.2 Å². The Balaban J connectivity index is 1.71. The lowest BCUT2D eigenvalue weighted by Crippen LogP contribution is -2.42. The third kappa shape index (κ3) is 6.13. The van der Waals surface area contributed by atoms with Crippen molar-refractivity contribution in [2.45, 2.75) is 19.3 Å². The van der Waals surface area contributed by atoms with E-state index in [1.807, 2.05) is 42.3 Å². The Morgan fingerprint density at radius 3 is 2.46 bits per heavy atom. The first-order valence-corrected chi connectivity index (χ1v) is 10.2. The molecule has 1 aliphatic rings. The van der Waals surface area contributed by atoms with Gasteiger partial charge in [0.2, 0.25) is 15.9 Å². The third-order valence-corrected chi connectivity index (χ3v) is 5.15. The Labute approximate surface area is 144 Å². The van der Waals surface area contributed by atoms with E-state index in [1.54, 1.807) is 0 Å². The number of hydrogen-bond donors (Lipinski definition) is 1. The number of carbonyl (C=O) groups is 1. The number of nitrogens with one attached hydrogen (secondary N) is 1. The summed E-state index contributed by atoms with van der Waals surface area (Å²) in [6, 6.07) is 10.0. The van der Waals surface area contributed by atoms with Crippen LogP contribution in [0.15, 0.2) is 30.3 Å². The fraction of sp³-hybridized carbons (Fsp3) is 0.588. The molecule has 134 valence electrons. The smallest absolute Gasteiger partial charge is 0.224 e. The van der Waals surface area contributed by atoms with E-state index < -0.39 is 10.0 Å². The first-order chi connectivity index (χ1) is 11.3. The largest absolute Gasteiger partial charge is 0.374 e. The van der Waals surface area contributed by atoms with Crippen LogP contribution in [-0.4, -0.2) is 58.7 Å². The molecule has 0 aromatic heterocycles. The SMILES string of the molecule is CN(CCC(=O)N1CCC(CNS(C)(=O)=O)CC1)c1ccccc1. The van der Waals surface area contributed by atoms with Gasteiger partial charge < -0.3 is 9.80 Å².